The highest BCUT2D eigenvalue weighted by atomic mass is 79.9. The first-order chi connectivity index (χ1) is 9.61. The molecule has 0 saturated heterocycles. The molecule has 0 aliphatic heterocycles. The third-order valence-electron chi connectivity index (χ3n) is 3.40. The average molecular weight is 357 g/mol. The van der Waals surface area contributed by atoms with Gasteiger partial charge in [-0.15, -0.1) is 0 Å². The Kier molecular flexibility index (Phi) is 5.64. The van der Waals surface area contributed by atoms with Gasteiger partial charge in [-0.3, -0.25) is 4.68 Å². The number of nitrogens with zero attached hydrogens (tertiary/aromatic N) is 2. The summed E-state index contributed by atoms with van der Waals surface area (Å²) in [5.41, 5.74) is 2.45. The van der Waals surface area contributed by atoms with Crippen molar-refractivity contribution in [2.24, 2.45) is 7.05 Å². The van der Waals surface area contributed by atoms with Crippen molar-refractivity contribution in [3.05, 3.63) is 51.2 Å². The lowest BCUT2D eigenvalue weighted by Crippen LogP contribution is -2.22. The van der Waals surface area contributed by atoms with E-state index < -0.39 is 0 Å². The summed E-state index contributed by atoms with van der Waals surface area (Å²) < 4.78 is 3.02. The van der Waals surface area contributed by atoms with Gasteiger partial charge in [0.2, 0.25) is 0 Å². The van der Waals surface area contributed by atoms with Gasteiger partial charge in [0, 0.05) is 34.5 Å². The smallest absolute Gasteiger partial charge is 0.0492 e. The number of hydrogen-bond acceptors (Lipinski definition) is 2. The topological polar surface area (TPSA) is 29.9 Å². The summed E-state index contributed by atoms with van der Waals surface area (Å²) in [6.45, 7) is 3.05. The second kappa shape index (κ2) is 7.25. The van der Waals surface area contributed by atoms with Crippen LogP contribution < -0.4 is 5.32 Å². The molecule has 0 aliphatic rings. The Morgan fingerprint density at radius 3 is 2.85 bits per heavy atom. The number of halogens is 2. The molecule has 1 aromatic carbocycles. The van der Waals surface area contributed by atoms with Gasteiger partial charge in [-0.2, -0.15) is 5.10 Å². The number of aromatic nitrogens is 2. The number of aryl methyl sites for hydroxylation is 2. The minimum atomic E-state index is 0.281. The van der Waals surface area contributed by atoms with Crippen LogP contribution in [0, 0.1) is 0 Å². The fraction of sp³-hybridized carbons (Fsp3) is 0.400. The number of hydrogen-bond donors (Lipinski definition) is 1. The maximum atomic E-state index is 6.12. The van der Waals surface area contributed by atoms with E-state index in [-0.39, 0.29) is 6.04 Å². The van der Waals surface area contributed by atoms with Crippen LogP contribution in [0.25, 0.3) is 0 Å². The Bertz CT molecular complexity index is 568. The Labute approximate surface area is 133 Å². The molecular formula is C15H19BrClN3. The van der Waals surface area contributed by atoms with Crippen LogP contribution in [0.1, 0.15) is 30.6 Å². The summed E-state index contributed by atoms with van der Waals surface area (Å²) in [5.74, 6) is 0. The summed E-state index contributed by atoms with van der Waals surface area (Å²) >= 11 is 9.74. The van der Waals surface area contributed by atoms with Crippen LogP contribution in [0.3, 0.4) is 0 Å². The molecule has 0 fully saturated rings. The third kappa shape index (κ3) is 3.84. The lowest BCUT2D eigenvalue weighted by Gasteiger charge is -2.20. The SMILES string of the molecule is CCNC(CCc1ccnn1C)c1cc(Cl)ccc1Br. The van der Waals surface area contributed by atoms with Crippen LogP contribution in [0.15, 0.2) is 34.9 Å². The van der Waals surface area contributed by atoms with Crippen molar-refractivity contribution < 1.29 is 0 Å². The Morgan fingerprint density at radius 2 is 2.20 bits per heavy atom. The van der Waals surface area contributed by atoms with E-state index in [1.807, 2.05) is 36.1 Å². The van der Waals surface area contributed by atoms with Crippen LogP contribution in [0.4, 0.5) is 0 Å². The molecule has 3 nitrogen and oxygen atoms in total. The van der Waals surface area contributed by atoms with E-state index >= 15 is 0 Å². The molecule has 0 radical (unpaired) electrons. The first-order valence-corrected chi connectivity index (χ1v) is 7.94. The number of nitrogens with one attached hydrogen (secondary N) is 1. The van der Waals surface area contributed by atoms with E-state index in [1.54, 1.807) is 0 Å². The average Bonchev–Trinajstić information content (AvgIpc) is 2.83. The first-order valence-electron chi connectivity index (χ1n) is 6.77. The van der Waals surface area contributed by atoms with Crippen molar-refractivity contribution in [1.29, 1.82) is 0 Å². The molecule has 20 heavy (non-hydrogen) atoms. The van der Waals surface area contributed by atoms with Gasteiger partial charge < -0.3 is 5.32 Å². The molecule has 1 aromatic heterocycles. The van der Waals surface area contributed by atoms with Crippen molar-refractivity contribution >= 4 is 27.5 Å². The van der Waals surface area contributed by atoms with E-state index in [0.717, 1.165) is 28.9 Å². The normalized spacial score (nSPS) is 12.6. The summed E-state index contributed by atoms with van der Waals surface area (Å²) in [5, 5.41) is 8.51. The molecule has 1 heterocycles. The predicted octanol–water partition coefficient (Wildman–Crippen LogP) is 4.12. The predicted molar refractivity (Wildman–Crippen MR) is 87.1 cm³/mol. The van der Waals surface area contributed by atoms with E-state index in [1.165, 1.54) is 11.3 Å². The molecule has 0 spiro atoms. The van der Waals surface area contributed by atoms with Crippen LogP contribution in [-0.2, 0) is 13.5 Å². The zero-order chi connectivity index (χ0) is 14.5. The van der Waals surface area contributed by atoms with Gasteiger partial charge in [0.15, 0.2) is 0 Å². The maximum Gasteiger partial charge on any atom is 0.0492 e. The Morgan fingerprint density at radius 1 is 1.40 bits per heavy atom. The molecule has 0 amide bonds. The van der Waals surface area contributed by atoms with Crippen LogP contribution >= 0.6 is 27.5 Å². The Balaban J connectivity index is 2.14. The number of benzene rings is 1. The second-order valence-corrected chi connectivity index (χ2v) is 6.05. The molecular weight excluding hydrogens is 338 g/mol. The third-order valence-corrected chi connectivity index (χ3v) is 4.35. The molecule has 0 bridgehead atoms. The summed E-state index contributed by atoms with van der Waals surface area (Å²) in [6, 6.07) is 8.28. The van der Waals surface area contributed by atoms with Gasteiger partial charge in [-0.05, 0) is 49.2 Å². The quantitative estimate of drug-likeness (QED) is 0.844. The lowest BCUT2D eigenvalue weighted by molar-refractivity contribution is 0.504. The van der Waals surface area contributed by atoms with Gasteiger partial charge in [0.1, 0.15) is 0 Å². The molecule has 108 valence electrons. The molecule has 1 unspecified atom stereocenters. The molecule has 2 rings (SSSR count). The van der Waals surface area contributed by atoms with E-state index in [2.05, 4.69) is 39.3 Å². The molecule has 0 aliphatic carbocycles. The minimum absolute atomic E-state index is 0.281. The van der Waals surface area contributed by atoms with Gasteiger partial charge in [-0.1, -0.05) is 34.5 Å². The number of rotatable bonds is 6. The summed E-state index contributed by atoms with van der Waals surface area (Å²) in [4.78, 5) is 0. The largest absolute Gasteiger partial charge is 0.310 e. The lowest BCUT2D eigenvalue weighted by atomic mass is 10.0. The fourth-order valence-corrected chi connectivity index (χ4v) is 3.04. The van der Waals surface area contributed by atoms with Crippen LogP contribution in [0.2, 0.25) is 5.02 Å². The second-order valence-electron chi connectivity index (χ2n) is 4.76. The van der Waals surface area contributed by atoms with E-state index in [0.29, 0.717) is 0 Å². The van der Waals surface area contributed by atoms with Gasteiger partial charge in [0.25, 0.3) is 0 Å². The zero-order valence-electron chi connectivity index (χ0n) is 11.7. The standard InChI is InChI=1S/C15H19BrClN3/c1-3-18-15(7-5-12-8-9-19-20(12)2)13-10-11(17)4-6-14(13)16/h4,6,8-10,15,18H,3,5,7H2,1-2H3. The molecule has 1 atom stereocenters. The summed E-state index contributed by atoms with van der Waals surface area (Å²) in [6.07, 6.45) is 3.83. The van der Waals surface area contributed by atoms with Crippen molar-refractivity contribution in [1.82, 2.24) is 15.1 Å². The van der Waals surface area contributed by atoms with Crippen LogP contribution in [0.5, 0.6) is 0 Å². The van der Waals surface area contributed by atoms with E-state index in [4.69, 9.17) is 11.6 Å². The molecule has 2 aromatic rings. The Hall–Kier alpha value is -0.840. The highest BCUT2D eigenvalue weighted by Gasteiger charge is 2.15. The van der Waals surface area contributed by atoms with Crippen molar-refractivity contribution in [3.8, 4) is 0 Å². The van der Waals surface area contributed by atoms with Crippen molar-refractivity contribution in [3.63, 3.8) is 0 Å². The molecule has 1 N–H and O–H groups in total. The van der Waals surface area contributed by atoms with Crippen molar-refractivity contribution in [2.75, 3.05) is 6.54 Å². The van der Waals surface area contributed by atoms with Gasteiger partial charge in [-0.25, -0.2) is 0 Å². The van der Waals surface area contributed by atoms with Crippen LogP contribution in [-0.4, -0.2) is 16.3 Å². The monoisotopic (exact) mass is 355 g/mol. The summed E-state index contributed by atoms with van der Waals surface area (Å²) in [7, 11) is 1.98. The zero-order valence-corrected chi connectivity index (χ0v) is 14.1. The van der Waals surface area contributed by atoms with Gasteiger partial charge in [0.05, 0.1) is 0 Å². The minimum Gasteiger partial charge on any atom is -0.310 e. The highest BCUT2D eigenvalue weighted by Crippen LogP contribution is 2.29. The van der Waals surface area contributed by atoms with Crippen molar-refractivity contribution in [2.45, 2.75) is 25.8 Å². The maximum absolute atomic E-state index is 6.12. The van der Waals surface area contributed by atoms with Gasteiger partial charge >= 0.3 is 0 Å². The fourth-order valence-electron chi connectivity index (χ4n) is 2.33. The molecule has 5 heteroatoms. The molecule has 0 saturated carbocycles. The highest BCUT2D eigenvalue weighted by molar-refractivity contribution is 9.10. The first kappa shape index (κ1) is 15.5. The van der Waals surface area contributed by atoms with E-state index in [9.17, 15) is 0 Å².